The number of carbonyl (C=O) groups is 1. The van der Waals surface area contributed by atoms with Crippen molar-refractivity contribution in [2.75, 3.05) is 0 Å². The maximum absolute atomic E-state index is 11.9. The van der Waals surface area contributed by atoms with Crippen LogP contribution in [-0.2, 0) is 16.6 Å². The molecule has 2 heteroatoms. The van der Waals surface area contributed by atoms with Crippen molar-refractivity contribution in [3.63, 3.8) is 0 Å². The van der Waals surface area contributed by atoms with Crippen molar-refractivity contribution in [2.45, 2.75) is 46.5 Å². The van der Waals surface area contributed by atoms with Crippen LogP contribution in [0.25, 0.3) is 0 Å². The number of hydrogen-bond donors (Lipinski definition) is 0. The van der Waals surface area contributed by atoms with Crippen LogP contribution in [-0.4, -0.2) is 5.97 Å². The Balaban J connectivity index is 2.57. The Morgan fingerprint density at radius 3 is 2.42 bits per heavy atom. The minimum Gasteiger partial charge on any atom is -0.423 e. The average Bonchev–Trinajstić information content (AvgIpc) is 2.48. The first kappa shape index (κ1) is 18.0. The Kier molecular flexibility index (Phi) is 5.28. The van der Waals surface area contributed by atoms with Gasteiger partial charge >= 0.3 is 5.97 Å². The fourth-order valence-corrected chi connectivity index (χ4v) is 2.84. The van der Waals surface area contributed by atoms with Crippen LogP contribution in [0.15, 0.2) is 49.1 Å². The van der Waals surface area contributed by atoms with Gasteiger partial charge in [0.25, 0.3) is 0 Å². The van der Waals surface area contributed by atoms with Gasteiger partial charge in [0.15, 0.2) is 0 Å². The van der Waals surface area contributed by atoms with Crippen LogP contribution < -0.4 is 4.74 Å². The van der Waals surface area contributed by atoms with Crippen LogP contribution in [0.4, 0.5) is 0 Å². The van der Waals surface area contributed by atoms with Gasteiger partial charge in [-0.25, -0.2) is 4.79 Å². The largest absolute Gasteiger partial charge is 0.423 e. The maximum atomic E-state index is 11.9. The van der Waals surface area contributed by atoms with E-state index in [0.717, 1.165) is 17.5 Å². The van der Waals surface area contributed by atoms with Crippen LogP contribution in [0.3, 0.4) is 0 Å². The molecule has 0 heterocycles. The van der Waals surface area contributed by atoms with E-state index < -0.39 is 5.97 Å². The first-order chi connectivity index (χ1) is 11.2. The fraction of sp³-hybridized carbons (Fsp3) is 0.318. The summed E-state index contributed by atoms with van der Waals surface area (Å²) in [5, 5.41) is 0. The Morgan fingerprint density at radius 1 is 1.12 bits per heavy atom. The van der Waals surface area contributed by atoms with Crippen LogP contribution in [0.1, 0.15) is 48.6 Å². The van der Waals surface area contributed by atoms with Crippen molar-refractivity contribution < 1.29 is 9.53 Å². The van der Waals surface area contributed by atoms with E-state index in [2.05, 4.69) is 77.6 Å². The van der Waals surface area contributed by atoms with E-state index in [1.165, 1.54) is 22.8 Å². The molecule has 0 amide bonds. The Hall–Kier alpha value is -2.35. The summed E-state index contributed by atoms with van der Waals surface area (Å²) >= 11 is 0. The zero-order chi connectivity index (χ0) is 17.9. The normalized spacial score (nSPS) is 11.2. The third-order valence-electron chi connectivity index (χ3n) is 3.96. The lowest BCUT2D eigenvalue weighted by atomic mass is 9.83. The molecular formula is C22H26O2. The summed E-state index contributed by atoms with van der Waals surface area (Å²) in [5.74, 6) is 0.245. The number of esters is 1. The standard InChI is InChI=1S/C22H26O2/c1-7-20(23)24-21-18(14-17-10-8-9-15(2)11-17)12-16(3)13-19(21)22(4,5)6/h7-13H,1,14H2,2-6H3. The minimum atomic E-state index is -0.421. The van der Waals surface area contributed by atoms with Crippen molar-refractivity contribution in [3.8, 4) is 5.75 Å². The quantitative estimate of drug-likeness (QED) is 0.435. The highest BCUT2D eigenvalue weighted by Crippen LogP contribution is 2.36. The van der Waals surface area contributed by atoms with E-state index in [-0.39, 0.29) is 5.41 Å². The van der Waals surface area contributed by atoms with Gasteiger partial charge in [-0.1, -0.05) is 74.9 Å². The summed E-state index contributed by atoms with van der Waals surface area (Å²) in [5.41, 5.74) is 5.55. The third-order valence-corrected chi connectivity index (χ3v) is 3.96. The third kappa shape index (κ3) is 4.35. The van der Waals surface area contributed by atoms with Crippen molar-refractivity contribution in [2.24, 2.45) is 0 Å². The van der Waals surface area contributed by atoms with Gasteiger partial charge in [0.2, 0.25) is 0 Å². The highest BCUT2D eigenvalue weighted by molar-refractivity contribution is 5.84. The first-order valence-corrected chi connectivity index (χ1v) is 8.24. The van der Waals surface area contributed by atoms with Gasteiger partial charge in [0, 0.05) is 18.1 Å². The molecule has 0 spiro atoms. The SMILES string of the molecule is C=CC(=O)Oc1c(Cc2cccc(C)c2)cc(C)cc1C(C)(C)C. The van der Waals surface area contributed by atoms with Gasteiger partial charge in [0.05, 0.1) is 0 Å². The highest BCUT2D eigenvalue weighted by atomic mass is 16.5. The number of aryl methyl sites for hydroxylation is 2. The average molecular weight is 322 g/mol. The second-order valence-corrected chi connectivity index (χ2v) is 7.34. The van der Waals surface area contributed by atoms with E-state index in [4.69, 9.17) is 4.74 Å². The van der Waals surface area contributed by atoms with E-state index >= 15 is 0 Å². The van der Waals surface area contributed by atoms with Crippen molar-refractivity contribution in [3.05, 3.63) is 76.9 Å². The molecule has 0 fully saturated rings. The molecule has 0 N–H and O–H groups in total. The smallest absolute Gasteiger partial charge is 0.335 e. The van der Waals surface area contributed by atoms with Crippen molar-refractivity contribution in [1.82, 2.24) is 0 Å². The topological polar surface area (TPSA) is 26.3 Å². The molecule has 0 atom stereocenters. The molecular weight excluding hydrogens is 296 g/mol. The second kappa shape index (κ2) is 7.04. The maximum Gasteiger partial charge on any atom is 0.335 e. The van der Waals surface area contributed by atoms with Crippen molar-refractivity contribution in [1.29, 1.82) is 0 Å². The molecule has 0 aliphatic heterocycles. The van der Waals surface area contributed by atoms with Gasteiger partial charge < -0.3 is 4.74 Å². The number of ether oxygens (including phenoxy) is 1. The molecule has 0 saturated carbocycles. The number of benzene rings is 2. The van der Waals surface area contributed by atoms with Gasteiger partial charge in [-0.05, 0) is 30.4 Å². The summed E-state index contributed by atoms with van der Waals surface area (Å²) < 4.78 is 5.65. The summed E-state index contributed by atoms with van der Waals surface area (Å²) in [6.45, 7) is 14.1. The molecule has 0 aromatic heterocycles. The molecule has 2 aromatic rings. The summed E-state index contributed by atoms with van der Waals surface area (Å²) in [7, 11) is 0. The predicted molar refractivity (Wildman–Crippen MR) is 99.7 cm³/mol. The number of hydrogen-bond acceptors (Lipinski definition) is 2. The fourth-order valence-electron chi connectivity index (χ4n) is 2.84. The molecule has 0 saturated heterocycles. The summed E-state index contributed by atoms with van der Waals surface area (Å²) in [4.78, 5) is 11.9. The first-order valence-electron chi connectivity index (χ1n) is 8.24. The van der Waals surface area contributed by atoms with Gasteiger partial charge in [0.1, 0.15) is 5.75 Å². The molecule has 0 unspecified atom stereocenters. The Labute approximate surface area is 145 Å². The number of carbonyl (C=O) groups excluding carboxylic acids is 1. The molecule has 24 heavy (non-hydrogen) atoms. The van der Waals surface area contributed by atoms with Gasteiger partial charge in [-0.15, -0.1) is 0 Å². The minimum absolute atomic E-state index is 0.121. The molecule has 0 aliphatic rings. The van der Waals surface area contributed by atoms with Crippen LogP contribution >= 0.6 is 0 Å². The molecule has 0 radical (unpaired) electrons. The molecule has 126 valence electrons. The van der Waals surface area contributed by atoms with Gasteiger partial charge in [-0.2, -0.15) is 0 Å². The Bertz CT molecular complexity index is 764. The van der Waals surface area contributed by atoms with E-state index in [1.54, 1.807) is 0 Å². The number of rotatable bonds is 4. The lowest BCUT2D eigenvalue weighted by Crippen LogP contribution is -2.17. The molecule has 2 rings (SSSR count). The zero-order valence-electron chi connectivity index (χ0n) is 15.3. The summed E-state index contributed by atoms with van der Waals surface area (Å²) in [6, 6.07) is 12.6. The molecule has 0 aliphatic carbocycles. The predicted octanol–water partition coefficient (Wildman–Crippen LogP) is 5.28. The summed E-state index contributed by atoms with van der Waals surface area (Å²) in [6.07, 6.45) is 1.94. The van der Waals surface area contributed by atoms with E-state index in [0.29, 0.717) is 5.75 Å². The molecule has 0 bridgehead atoms. The van der Waals surface area contributed by atoms with Crippen molar-refractivity contribution >= 4 is 5.97 Å². The second-order valence-electron chi connectivity index (χ2n) is 7.34. The zero-order valence-corrected chi connectivity index (χ0v) is 15.3. The van der Waals surface area contributed by atoms with Crippen LogP contribution in [0.2, 0.25) is 0 Å². The van der Waals surface area contributed by atoms with Gasteiger partial charge in [-0.3, -0.25) is 0 Å². The molecule has 2 aromatic carbocycles. The Morgan fingerprint density at radius 2 is 1.83 bits per heavy atom. The lowest BCUT2D eigenvalue weighted by Gasteiger charge is -2.25. The van der Waals surface area contributed by atoms with E-state index in [1.807, 2.05) is 0 Å². The molecule has 2 nitrogen and oxygen atoms in total. The van der Waals surface area contributed by atoms with Crippen LogP contribution in [0, 0.1) is 13.8 Å². The highest BCUT2D eigenvalue weighted by Gasteiger charge is 2.23. The monoisotopic (exact) mass is 322 g/mol. The van der Waals surface area contributed by atoms with Crippen LogP contribution in [0.5, 0.6) is 5.75 Å². The lowest BCUT2D eigenvalue weighted by molar-refractivity contribution is -0.129. The van der Waals surface area contributed by atoms with E-state index in [9.17, 15) is 4.79 Å².